The second-order valence-corrected chi connectivity index (χ2v) is 6.22. The van der Waals surface area contributed by atoms with E-state index in [4.69, 9.17) is 10.5 Å². The quantitative estimate of drug-likeness (QED) is 0.804. The average Bonchev–Trinajstić information content (AvgIpc) is 3.04. The van der Waals surface area contributed by atoms with Crippen molar-refractivity contribution in [1.82, 2.24) is 15.3 Å². The van der Waals surface area contributed by atoms with Crippen molar-refractivity contribution >= 4 is 17.7 Å². The van der Waals surface area contributed by atoms with Crippen molar-refractivity contribution in [2.45, 2.75) is 25.0 Å². The fourth-order valence-corrected chi connectivity index (χ4v) is 3.11. The highest BCUT2D eigenvalue weighted by atomic mass is 19.1. The number of aryl methyl sites for hydroxylation is 1. The summed E-state index contributed by atoms with van der Waals surface area (Å²) in [7, 11) is 1.61. The highest BCUT2D eigenvalue weighted by Gasteiger charge is 2.34. The first-order valence-corrected chi connectivity index (χ1v) is 8.46. The van der Waals surface area contributed by atoms with Crippen LogP contribution in [0, 0.1) is 5.82 Å². The van der Waals surface area contributed by atoms with Gasteiger partial charge in [-0.15, -0.1) is 0 Å². The molecule has 1 saturated heterocycles. The summed E-state index contributed by atoms with van der Waals surface area (Å²) in [6, 6.07) is 8.08. The molecule has 3 rings (SSSR count). The van der Waals surface area contributed by atoms with Gasteiger partial charge < -0.3 is 20.7 Å². The van der Waals surface area contributed by atoms with E-state index in [1.165, 1.54) is 6.07 Å². The van der Waals surface area contributed by atoms with Gasteiger partial charge in [0.15, 0.2) is 0 Å². The normalized spacial score (nSPS) is 19.5. The summed E-state index contributed by atoms with van der Waals surface area (Å²) in [5.41, 5.74) is 6.17. The molecule has 2 atom stereocenters. The predicted octanol–water partition coefficient (Wildman–Crippen LogP) is 1.15. The minimum atomic E-state index is -0.288. The van der Waals surface area contributed by atoms with Crippen LogP contribution in [0.5, 0.6) is 0 Å². The van der Waals surface area contributed by atoms with Gasteiger partial charge in [-0.25, -0.2) is 9.37 Å². The van der Waals surface area contributed by atoms with Gasteiger partial charge in [0.25, 0.3) is 0 Å². The van der Waals surface area contributed by atoms with Crippen LogP contribution in [0.15, 0.2) is 36.5 Å². The Labute approximate surface area is 151 Å². The monoisotopic (exact) mass is 359 g/mol. The number of anilines is 2. The average molecular weight is 359 g/mol. The lowest BCUT2D eigenvalue weighted by molar-refractivity contribution is -0.122. The van der Waals surface area contributed by atoms with Crippen molar-refractivity contribution in [3.05, 3.63) is 47.9 Å². The summed E-state index contributed by atoms with van der Waals surface area (Å²) >= 11 is 0. The number of halogens is 1. The van der Waals surface area contributed by atoms with Crippen molar-refractivity contribution in [3.63, 3.8) is 0 Å². The lowest BCUT2D eigenvalue weighted by Gasteiger charge is -2.18. The Hall–Kier alpha value is -2.74. The number of nitrogen functional groups attached to an aromatic ring is 1. The Morgan fingerprint density at radius 1 is 1.38 bits per heavy atom. The molecule has 0 radical (unpaired) electrons. The SMILES string of the molecule is CO[C@@H]1CN(c2ccnc(N)n2)C[C@@H]1NC(=O)CCc1ccccc1F. The number of aromatic nitrogens is 2. The summed E-state index contributed by atoms with van der Waals surface area (Å²) in [4.78, 5) is 22.4. The van der Waals surface area contributed by atoms with Gasteiger partial charge in [-0.2, -0.15) is 4.98 Å². The maximum Gasteiger partial charge on any atom is 0.221 e. The summed E-state index contributed by atoms with van der Waals surface area (Å²) < 4.78 is 19.1. The van der Waals surface area contributed by atoms with Gasteiger partial charge in [-0.1, -0.05) is 18.2 Å². The van der Waals surface area contributed by atoms with Gasteiger partial charge >= 0.3 is 0 Å². The number of carbonyl (C=O) groups excluding carboxylic acids is 1. The molecule has 2 heterocycles. The molecule has 1 aromatic heterocycles. The van der Waals surface area contributed by atoms with Crippen LogP contribution in [-0.2, 0) is 16.0 Å². The van der Waals surface area contributed by atoms with E-state index in [9.17, 15) is 9.18 Å². The van der Waals surface area contributed by atoms with E-state index in [-0.39, 0.29) is 36.2 Å². The number of nitrogens with zero attached hydrogens (tertiary/aromatic N) is 3. The van der Waals surface area contributed by atoms with Crippen LogP contribution in [0.25, 0.3) is 0 Å². The first-order chi connectivity index (χ1) is 12.6. The molecule has 0 aliphatic carbocycles. The number of rotatable bonds is 6. The standard InChI is InChI=1S/C18H22FN5O2/c1-26-15-11-24(16-8-9-21-18(20)23-16)10-14(15)22-17(25)7-6-12-4-2-3-5-13(12)19/h2-5,8-9,14-15H,6-7,10-11H2,1H3,(H,22,25)(H2,20,21,23)/t14-,15+/m0/s1. The van der Waals surface area contributed by atoms with Crippen LogP contribution in [0.4, 0.5) is 16.2 Å². The Morgan fingerprint density at radius 2 is 2.19 bits per heavy atom. The number of methoxy groups -OCH3 is 1. The van der Waals surface area contributed by atoms with E-state index in [2.05, 4.69) is 15.3 Å². The number of hydrogen-bond donors (Lipinski definition) is 2. The number of carbonyl (C=O) groups is 1. The molecular weight excluding hydrogens is 337 g/mol. The zero-order chi connectivity index (χ0) is 18.5. The molecular formula is C18H22FN5O2. The number of hydrogen-bond acceptors (Lipinski definition) is 6. The molecule has 1 aliphatic rings. The second kappa shape index (κ2) is 8.09. The van der Waals surface area contributed by atoms with Crippen molar-refractivity contribution in [1.29, 1.82) is 0 Å². The molecule has 1 amide bonds. The lowest BCUT2D eigenvalue weighted by atomic mass is 10.1. The van der Waals surface area contributed by atoms with Crippen molar-refractivity contribution in [2.24, 2.45) is 0 Å². The van der Waals surface area contributed by atoms with E-state index in [1.54, 1.807) is 37.6 Å². The predicted molar refractivity (Wildman–Crippen MR) is 96.1 cm³/mol. The summed E-state index contributed by atoms with van der Waals surface area (Å²) in [5.74, 6) is 0.476. The smallest absolute Gasteiger partial charge is 0.221 e. The third-order valence-corrected chi connectivity index (χ3v) is 4.48. The van der Waals surface area contributed by atoms with Gasteiger partial charge in [0.1, 0.15) is 11.6 Å². The summed E-state index contributed by atoms with van der Waals surface area (Å²) in [6.45, 7) is 1.14. The van der Waals surface area contributed by atoms with Crippen LogP contribution < -0.4 is 16.0 Å². The molecule has 8 heteroatoms. The third kappa shape index (κ3) is 4.26. The van der Waals surface area contributed by atoms with Crippen LogP contribution in [0.2, 0.25) is 0 Å². The van der Waals surface area contributed by atoms with E-state index >= 15 is 0 Å². The zero-order valence-corrected chi connectivity index (χ0v) is 14.6. The third-order valence-electron chi connectivity index (χ3n) is 4.48. The Kier molecular flexibility index (Phi) is 5.62. The molecule has 1 fully saturated rings. The summed E-state index contributed by atoms with van der Waals surface area (Å²) in [5, 5.41) is 2.98. The Bertz CT molecular complexity index is 773. The van der Waals surface area contributed by atoms with E-state index in [1.807, 2.05) is 4.90 Å². The molecule has 0 unspecified atom stereocenters. The van der Waals surface area contributed by atoms with Gasteiger partial charge in [0.05, 0.1) is 12.1 Å². The van der Waals surface area contributed by atoms with Crippen molar-refractivity contribution in [3.8, 4) is 0 Å². The molecule has 1 aliphatic heterocycles. The minimum absolute atomic E-state index is 0.135. The Morgan fingerprint density at radius 3 is 2.92 bits per heavy atom. The first-order valence-electron chi connectivity index (χ1n) is 8.46. The fraction of sp³-hybridized carbons (Fsp3) is 0.389. The topological polar surface area (TPSA) is 93.4 Å². The molecule has 0 bridgehead atoms. The van der Waals surface area contributed by atoms with Crippen LogP contribution in [0.3, 0.4) is 0 Å². The molecule has 3 N–H and O–H groups in total. The second-order valence-electron chi connectivity index (χ2n) is 6.22. The number of amides is 1. The van der Waals surface area contributed by atoms with Crippen LogP contribution in [-0.4, -0.2) is 48.2 Å². The van der Waals surface area contributed by atoms with Gasteiger partial charge in [-0.05, 0) is 24.1 Å². The molecule has 138 valence electrons. The van der Waals surface area contributed by atoms with Crippen molar-refractivity contribution in [2.75, 3.05) is 30.8 Å². The maximum atomic E-state index is 13.7. The fourth-order valence-electron chi connectivity index (χ4n) is 3.11. The lowest BCUT2D eigenvalue weighted by Crippen LogP contribution is -2.43. The number of benzene rings is 1. The van der Waals surface area contributed by atoms with Gasteiger partial charge in [0.2, 0.25) is 11.9 Å². The molecule has 1 aromatic carbocycles. The maximum absolute atomic E-state index is 13.7. The molecule has 0 spiro atoms. The molecule has 2 aromatic rings. The number of nitrogens with one attached hydrogen (secondary N) is 1. The Balaban J connectivity index is 1.58. The van der Waals surface area contributed by atoms with Crippen molar-refractivity contribution < 1.29 is 13.9 Å². The first kappa shape index (κ1) is 18.1. The van der Waals surface area contributed by atoms with Crippen LogP contribution >= 0.6 is 0 Å². The van der Waals surface area contributed by atoms with Gasteiger partial charge in [0, 0.05) is 32.8 Å². The molecule has 26 heavy (non-hydrogen) atoms. The minimum Gasteiger partial charge on any atom is -0.377 e. The number of nitrogens with two attached hydrogens (primary N) is 1. The zero-order valence-electron chi connectivity index (χ0n) is 14.6. The van der Waals surface area contributed by atoms with E-state index in [0.29, 0.717) is 30.9 Å². The van der Waals surface area contributed by atoms with Gasteiger partial charge in [-0.3, -0.25) is 4.79 Å². The molecule has 0 saturated carbocycles. The van der Waals surface area contributed by atoms with E-state index in [0.717, 1.165) is 0 Å². The van der Waals surface area contributed by atoms with E-state index < -0.39 is 0 Å². The molecule has 7 nitrogen and oxygen atoms in total. The summed E-state index contributed by atoms with van der Waals surface area (Å²) in [6.07, 6.45) is 2.01. The number of ether oxygens (including phenoxy) is 1. The highest BCUT2D eigenvalue weighted by molar-refractivity contribution is 5.76. The highest BCUT2D eigenvalue weighted by Crippen LogP contribution is 2.20. The van der Waals surface area contributed by atoms with Crippen LogP contribution in [0.1, 0.15) is 12.0 Å². The largest absolute Gasteiger partial charge is 0.377 e.